The molecular weight excluding hydrogens is 610 g/mol. The molecule has 0 bridgehead atoms. The number of aliphatic carboxylic acids is 1. The number of nitrogens with one attached hydrogen (secondary N) is 3. The average Bonchev–Trinajstić information content (AvgIpc) is 3.56. The van der Waals surface area contributed by atoms with Gasteiger partial charge in [-0.2, -0.15) is 0 Å². The lowest BCUT2D eigenvalue weighted by molar-refractivity contribution is -0.139. The number of aromatic nitrogens is 2. The number of carboxylic acid groups (broad SMARTS) is 1. The first kappa shape index (κ1) is 33.4. The highest BCUT2D eigenvalue weighted by molar-refractivity contribution is 5.94. The zero-order valence-corrected chi connectivity index (χ0v) is 26.5. The zero-order valence-electron chi connectivity index (χ0n) is 26.5. The Hall–Kier alpha value is -5.97. The first-order valence-corrected chi connectivity index (χ1v) is 15.6. The van der Waals surface area contributed by atoms with Crippen LogP contribution in [0.4, 0.5) is 4.79 Å². The van der Waals surface area contributed by atoms with E-state index in [1.165, 1.54) is 0 Å². The highest BCUT2D eigenvalue weighted by atomic mass is 16.5. The minimum absolute atomic E-state index is 0.0230. The van der Waals surface area contributed by atoms with Crippen molar-refractivity contribution < 1.29 is 29.0 Å². The molecule has 4 aromatic carbocycles. The first-order chi connectivity index (χ1) is 23.3. The molecule has 3 amide bonds. The quantitative estimate of drug-likeness (QED) is 0.126. The van der Waals surface area contributed by atoms with Crippen LogP contribution in [0.15, 0.2) is 109 Å². The smallest absolute Gasteiger partial charge is 0.408 e. The zero-order chi connectivity index (χ0) is 33.9. The van der Waals surface area contributed by atoms with Crippen molar-refractivity contribution in [2.24, 2.45) is 0 Å². The number of hydrogen-bond acceptors (Lipinski definition) is 6. The second-order valence-electron chi connectivity index (χ2n) is 11.3. The molecule has 11 heteroatoms. The first-order valence-electron chi connectivity index (χ1n) is 15.6. The van der Waals surface area contributed by atoms with Gasteiger partial charge in [0, 0.05) is 25.1 Å². The molecule has 246 valence electrons. The number of fused-ring (bicyclic) bond motifs is 1. The summed E-state index contributed by atoms with van der Waals surface area (Å²) in [6, 6.07) is 31.5. The van der Waals surface area contributed by atoms with Gasteiger partial charge in [0.15, 0.2) is 0 Å². The fourth-order valence-corrected chi connectivity index (χ4v) is 5.16. The van der Waals surface area contributed by atoms with Crippen molar-refractivity contribution in [3.63, 3.8) is 0 Å². The van der Waals surface area contributed by atoms with Crippen LogP contribution in [0.2, 0.25) is 0 Å². The van der Waals surface area contributed by atoms with Crippen LogP contribution in [0.1, 0.15) is 52.3 Å². The lowest BCUT2D eigenvalue weighted by atomic mass is 10.1. The summed E-state index contributed by atoms with van der Waals surface area (Å²) in [7, 11) is 0. The van der Waals surface area contributed by atoms with Crippen LogP contribution in [0, 0.1) is 0 Å². The van der Waals surface area contributed by atoms with Crippen LogP contribution in [0.25, 0.3) is 11.0 Å². The van der Waals surface area contributed by atoms with Gasteiger partial charge in [-0.3, -0.25) is 9.59 Å². The van der Waals surface area contributed by atoms with Gasteiger partial charge in [-0.25, -0.2) is 14.6 Å². The number of nitrogens with zero attached hydrogens (tertiary/aromatic N) is 2. The minimum Gasteiger partial charge on any atom is -0.480 e. The number of alkyl carbamates (subject to hydrolysis) is 1. The van der Waals surface area contributed by atoms with Crippen molar-refractivity contribution >= 4 is 34.9 Å². The number of carbonyl (C=O) groups is 4. The monoisotopic (exact) mass is 647 g/mol. The van der Waals surface area contributed by atoms with Crippen LogP contribution in [0.3, 0.4) is 0 Å². The van der Waals surface area contributed by atoms with Crippen molar-refractivity contribution in [2.75, 3.05) is 6.54 Å². The molecule has 11 nitrogen and oxygen atoms in total. The molecule has 4 N–H and O–H groups in total. The van der Waals surface area contributed by atoms with E-state index in [1.807, 2.05) is 67.6 Å². The number of para-hydroxylation sites is 2. The van der Waals surface area contributed by atoms with Crippen molar-refractivity contribution in [3.8, 4) is 0 Å². The number of H-pyrrole nitrogens is 1. The molecule has 2 atom stereocenters. The molecule has 0 saturated carbocycles. The summed E-state index contributed by atoms with van der Waals surface area (Å²) in [5.41, 5.74) is 4.61. The Kier molecular flexibility index (Phi) is 11.2. The van der Waals surface area contributed by atoms with Crippen molar-refractivity contribution in [3.05, 3.63) is 137 Å². The third-order valence-electron chi connectivity index (χ3n) is 7.90. The molecule has 0 aliphatic rings. The Morgan fingerprint density at radius 1 is 0.833 bits per heavy atom. The van der Waals surface area contributed by atoms with E-state index in [1.54, 1.807) is 53.4 Å². The number of imidazole rings is 1. The third-order valence-corrected chi connectivity index (χ3v) is 7.90. The van der Waals surface area contributed by atoms with E-state index in [4.69, 9.17) is 9.72 Å². The Morgan fingerprint density at radius 2 is 1.48 bits per heavy atom. The Balaban J connectivity index is 1.21. The average molecular weight is 648 g/mol. The molecule has 0 aliphatic heterocycles. The van der Waals surface area contributed by atoms with E-state index in [9.17, 15) is 24.3 Å². The Labute approximate surface area is 278 Å². The highest BCUT2D eigenvalue weighted by Gasteiger charge is 2.25. The van der Waals surface area contributed by atoms with Gasteiger partial charge >= 0.3 is 12.1 Å². The number of ether oxygens (including phenoxy) is 1. The van der Waals surface area contributed by atoms with E-state index >= 15 is 0 Å². The molecule has 0 aliphatic carbocycles. The molecule has 0 saturated heterocycles. The van der Waals surface area contributed by atoms with Gasteiger partial charge in [0.2, 0.25) is 5.91 Å². The third kappa shape index (κ3) is 9.06. The molecule has 0 spiro atoms. The second kappa shape index (κ2) is 16.0. The van der Waals surface area contributed by atoms with E-state index in [2.05, 4.69) is 15.6 Å². The van der Waals surface area contributed by atoms with Gasteiger partial charge in [0.25, 0.3) is 5.91 Å². The lowest BCUT2D eigenvalue weighted by Crippen LogP contribution is -2.48. The minimum atomic E-state index is -1.40. The maximum absolute atomic E-state index is 13.7. The predicted octanol–water partition coefficient (Wildman–Crippen LogP) is 5.39. The van der Waals surface area contributed by atoms with Gasteiger partial charge in [-0.15, -0.1) is 0 Å². The predicted molar refractivity (Wildman–Crippen MR) is 180 cm³/mol. The summed E-state index contributed by atoms with van der Waals surface area (Å²) in [4.78, 5) is 60.3. The largest absolute Gasteiger partial charge is 0.480 e. The molecule has 0 fully saturated rings. The number of carboxylic acids is 1. The van der Waals surface area contributed by atoms with Crippen LogP contribution in [-0.4, -0.2) is 56.4 Å². The van der Waals surface area contributed by atoms with Crippen LogP contribution in [-0.2, 0) is 33.9 Å². The fourth-order valence-electron chi connectivity index (χ4n) is 5.16. The number of carbonyl (C=O) groups excluding carboxylic acids is 3. The van der Waals surface area contributed by atoms with E-state index in [0.29, 0.717) is 24.2 Å². The maximum Gasteiger partial charge on any atom is 0.408 e. The van der Waals surface area contributed by atoms with Crippen LogP contribution >= 0.6 is 0 Å². The maximum atomic E-state index is 13.7. The summed E-state index contributed by atoms with van der Waals surface area (Å²) in [5, 5.41) is 14.4. The Morgan fingerprint density at radius 3 is 2.15 bits per heavy atom. The van der Waals surface area contributed by atoms with Gasteiger partial charge in [-0.1, -0.05) is 84.9 Å². The van der Waals surface area contributed by atoms with Gasteiger partial charge in [0.05, 0.1) is 17.1 Å². The molecule has 0 radical (unpaired) electrons. The molecule has 5 aromatic rings. The SMILES string of the molecule is CC(c1nc2ccccc2[nH]1)N(Cc1ccc(C(=O)NC[C@H](NC(=O)OCc2ccccc2)C(=O)O)cc1)C(=O)CCc1ccccc1. The topological polar surface area (TPSA) is 154 Å². The normalized spacial score (nSPS) is 12.1. The molecule has 1 heterocycles. The number of hydrogen-bond donors (Lipinski definition) is 4. The van der Waals surface area contributed by atoms with Gasteiger partial charge in [-0.05, 0) is 54.3 Å². The van der Waals surface area contributed by atoms with Crippen molar-refractivity contribution in [1.29, 1.82) is 0 Å². The number of rotatable bonds is 14. The summed E-state index contributed by atoms with van der Waals surface area (Å²) < 4.78 is 5.10. The standard InChI is InChI=1S/C37H37N5O6/c1-25(34-39-30-14-8-9-15-31(30)40-34)42(33(43)21-18-26-10-4-2-5-11-26)23-27-16-19-29(20-17-27)35(44)38-22-32(36(45)46)41-37(47)48-24-28-12-6-3-7-13-28/h2-17,19-20,25,32H,18,21-24H2,1H3,(H,38,44)(H,39,40)(H,41,47)(H,45,46)/t25?,32-/m0/s1. The van der Waals surface area contributed by atoms with E-state index in [-0.39, 0.29) is 31.6 Å². The fraction of sp³-hybridized carbons (Fsp3) is 0.216. The van der Waals surface area contributed by atoms with E-state index < -0.39 is 24.0 Å². The number of aromatic amines is 1. The summed E-state index contributed by atoms with van der Waals surface area (Å²) in [5.74, 6) is -1.20. The van der Waals surface area contributed by atoms with Crippen LogP contribution < -0.4 is 10.6 Å². The second-order valence-corrected chi connectivity index (χ2v) is 11.3. The number of aryl methyl sites for hydroxylation is 1. The van der Waals surface area contributed by atoms with E-state index in [0.717, 1.165) is 27.7 Å². The summed E-state index contributed by atoms with van der Waals surface area (Å²) in [6.45, 7) is 1.84. The molecular formula is C37H37N5O6. The van der Waals surface area contributed by atoms with Crippen LogP contribution in [0.5, 0.6) is 0 Å². The molecule has 1 aromatic heterocycles. The number of amides is 3. The van der Waals surface area contributed by atoms with Crippen molar-refractivity contribution in [1.82, 2.24) is 25.5 Å². The lowest BCUT2D eigenvalue weighted by Gasteiger charge is -2.28. The molecule has 1 unspecified atom stereocenters. The number of benzene rings is 4. The Bertz CT molecular complexity index is 1810. The molecule has 48 heavy (non-hydrogen) atoms. The van der Waals surface area contributed by atoms with Gasteiger partial charge in [0.1, 0.15) is 18.5 Å². The molecule has 5 rings (SSSR count). The van der Waals surface area contributed by atoms with Gasteiger partial charge < -0.3 is 30.4 Å². The summed E-state index contributed by atoms with van der Waals surface area (Å²) in [6.07, 6.45) is -0.00296. The highest BCUT2D eigenvalue weighted by Crippen LogP contribution is 2.24. The van der Waals surface area contributed by atoms with Crippen molar-refractivity contribution in [2.45, 2.75) is 45.0 Å². The summed E-state index contributed by atoms with van der Waals surface area (Å²) >= 11 is 0.